The van der Waals surface area contributed by atoms with E-state index in [4.69, 9.17) is 4.74 Å². The van der Waals surface area contributed by atoms with Gasteiger partial charge < -0.3 is 10.1 Å². The molecule has 0 bridgehead atoms. The molecule has 0 saturated heterocycles. The van der Waals surface area contributed by atoms with E-state index in [1.54, 1.807) is 0 Å². The van der Waals surface area contributed by atoms with Gasteiger partial charge in [-0.2, -0.15) is 0 Å². The number of hydrogen-bond acceptors (Lipinski definition) is 3. The second-order valence-electron chi connectivity index (χ2n) is 4.60. The Labute approximate surface area is 128 Å². The number of ether oxygens (including phenoxy) is 1. The minimum absolute atomic E-state index is 0.487. The molecule has 0 amide bonds. The normalized spacial score (nSPS) is 10.6. The predicted octanol–water partition coefficient (Wildman–Crippen LogP) is 3.84. The van der Waals surface area contributed by atoms with Crippen LogP contribution in [0.4, 0.5) is 0 Å². The number of rotatable bonds is 6. The lowest BCUT2D eigenvalue weighted by atomic mass is 10.2. The zero-order chi connectivity index (χ0) is 14.4. The molecular weight excluding hydrogens is 316 g/mol. The Hall–Kier alpha value is -1.39. The molecular formula is C16H19BrN2O. The number of benzene rings is 1. The Morgan fingerprint density at radius 1 is 1.20 bits per heavy atom. The fourth-order valence-electron chi connectivity index (χ4n) is 1.83. The average molecular weight is 335 g/mol. The fourth-order valence-corrected chi connectivity index (χ4v) is 2.07. The van der Waals surface area contributed by atoms with E-state index < -0.39 is 0 Å². The lowest BCUT2D eigenvalue weighted by Gasteiger charge is -2.09. The Balaban J connectivity index is 1.97. The molecule has 0 fully saturated rings. The number of aryl methyl sites for hydroxylation is 1. The number of pyridine rings is 1. The topological polar surface area (TPSA) is 34.1 Å². The van der Waals surface area contributed by atoms with Gasteiger partial charge in [0.15, 0.2) is 0 Å². The lowest BCUT2D eigenvalue weighted by Crippen LogP contribution is -2.13. The van der Waals surface area contributed by atoms with Crippen molar-refractivity contribution in [1.29, 1.82) is 0 Å². The summed E-state index contributed by atoms with van der Waals surface area (Å²) in [5.74, 6) is 0.865. The van der Waals surface area contributed by atoms with E-state index in [-0.39, 0.29) is 0 Å². The molecule has 0 radical (unpaired) electrons. The van der Waals surface area contributed by atoms with E-state index in [9.17, 15) is 0 Å². The molecule has 0 aliphatic carbocycles. The Morgan fingerprint density at radius 3 is 2.75 bits per heavy atom. The first-order valence-electron chi connectivity index (χ1n) is 6.73. The number of hydrogen-bond donors (Lipinski definition) is 1. The average Bonchev–Trinajstić information content (AvgIpc) is 2.47. The van der Waals surface area contributed by atoms with Crippen LogP contribution in [0.15, 0.2) is 40.9 Å². The Bertz CT molecular complexity index is 572. The lowest BCUT2D eigenvalue weighted by molar-refractivity contribution is 0.300. The van der Waals surface area contributed by atoms with E-state index >= 15 is 0 Å². The van der Waals surface area contributed by atoms with Crippen LogP contribution in [-0.2, 0) is 13.2 Å². The quantitative estimate of drug-likeness (QED) is 0.871. The van der Waals surface area contributed by atoms with Gasteiger partial charge >= 0.3 is 0 Å². The minimum atomic E-state index is 0.487. The van der Waals surface area contributed by atoms with Gasteiger partial charge in [0, 0.05) is 11.0 Å². The first-order chi connectivity index (χ1) is 9.69. The standard InChI is InChI=1S/C16H19BrN2O/c1-3-18-10-13-5-4-6-14(19-13)11-20-15-7-8-16(17)12(2)9-15/h4-9,18H,3,10-11H2,1-2H3. The molecule has 0 unspecified atom stereocenters. The zero-order valence-corrected chi connectivity index (χ0v) is 13.4. The van der Waals surface area contributed by atoms with E-state index in [0.717, 1.165) is 40.3 Å². The maximum Gasteiger partial charge on any atom is 0.130 e. The van der Waals surface area contributed by atoms with Crippen LogP contribution in [0.5, 0.6) is 5.75 Å². The van der Waals surface area contributed by atoms with Gasteiger partial charge in [-0.3, -0.25) is 4.98 Å². The van der Waals surface area contributed by atoms with Crippen molar-refractivity contribution in [3.8, 4) is 5.75 Å². The molecule has 1 N–H and O–H groups in total. The second-order valence-corrected chi connectivity index (χ2v) is 5.45. The molecule has 0 atom stereocenters. The molecule has 2 rings (SSSR count). The molecule has 1 aromatic carbocycles. The summed E-state index contributed by atoms with van der Waals surface area (Å²) in [6, 6.07) is 12.0. The summed E-state index contributed by atoms with van der Waals surface area (Å²) >= 11 is 3.48. The van der Waals surface area contributed by atoms with Crippen molar-refractivity contribution in [2.24, 2.45) is 0 Å². The molecule has 106 valence electrons. The number of halogens is 1. The van der Waals surface area contributed by atoms with Crippen molar-refractivity contribution in [3.63, 3.8) is 0 Å². The van der Waals surface area contributed by atoms with Gasteiger partial charge in [0.1, 0.15) is 12.4 Å². The maximum absolute atomic E-state index is 5.78. The van der Waals surface area contributed by atoms with Crippen LogP contribution in [0.3, 0.4) is 0 Å². The smallest absolute Gasteiger partial charge is 0.130 e. The van der Waals surface area contributed by atoms with Crippen molar-refractivity contribution in [2.45, 2.75) is 27.0 Å². The second kappa shape index (κ2) is 7.41. The predicted molar refractivity (Wildman–Crippen MR) is 84.8 cm³/mol. The van der Waals surface area contributed by atoms with Crippen molar-refractivity contribution in [3.05, 3.63) is 57.8 Å². The van der Waals surface area contributed by atoms with Crippen LogP contribution < -0.4 is 10.1 Å². The molecule has 0 aliphatic heterocycles. The monoisotopic (exact) mass is 334 g/mol. The molecule has 3 nitrogen and oxygen atoms in total. The van der Waals surface area contributed by atoms with Crippen LogP contribution in [0.25, 0.3) is 0 Å². The van der Waals surface area contributed by atoms with Gasteiger partial charge in [0.05, 0.1) is 11.4 Å². The summed E-state index contributed by atoms with van der Waals surface area (Å²) in [6.45, 7) is 6.36. The number of aromatic nitrogens is 1. The highest BCUT2D eigenvalue weighted by Crippen LogP contribution is 2.22. The van der Waals surface area contributed by atoms with Crippen molar-refractivity contribution in [2.75, 3.05) is 6.54 Å². The number of nitrogens with zero attached hydrogens (tertiary/aromatic N) is 1. The summed E-state index contributed by atoms with van der Waals surface area (Å²) < 4.78 is 6.88. The van der Waals surface area contributed by atoms with Gasteiger partial charge in [-0.05, 0) is 49.4 Å². The van der Waals surface area contributed by atoms with Crippen molar-refractivity contribution < 1.29 is 4.74 Å². The van der Waals surface area contributed by atoms with Gasteiger partial charge in [-0.1, -0.05) is 28.9 Å². The molecule has 4 heteroatoms. The first kappa shape index (κ1) is 15.0. The third-order valence-corrected chi connectivity index (χ3v) is 3.83. The molecule has 0 spiro atoms. The molecule has 20 heavy (non-hydrogen) atoms. The summed E-state index contributed by atoms with van der Waals surface area (Å²) in [5, 5.41) is 3.27. The van der Waals surface area contributed by atoms with Gasteiger partial charge in [0.2, 0.25) is 0 Å². The zero-order valence-electron chi connectivity index (χ0n) is 11.8. The van der Waals surface area contributed by atoms with Crippen LogP contribution >= 0.6 is 15.9 Å². The molecule has 0 saturated carbocycles. The summed E-state index contributed by atoms with van der Waals surface area (Å²) in [5.41, 5.74) is 3.15. The third kappa shape index (κ3) is 4.32. The van der Waals surface area contributed by atoms with Crippen LogP contribution in [0.2, 0.25) is 0 Å². The molecule has 2 aromatic rings. The van der Waals surface area contributed by atoms with Crippen LogP contribution in [0.1, 0.15) is 23.9 Å². The highest BCUT2D eigenvalue weighted by Gasteiger charge is 2.01. The van der Waals surface area contributed by atoms with Gasteiger partial charge in [-0.25, -0.2) is 0 Å². The SMILES string of the molecule is CCNCc1cccc(COc2ccc(Br)c(C)c2)n1. The van der Waals surface area contributed by atoms with E-state index in [2.05, 4.69) is 33.2 Å². The first-order valence-corrected chi connectivity index (χ1v) is 7.53. The highest BCUT2D eigenvalue weighted by molar-refractivity contribution is 9.10. The van der Waals surface area contributed by atoms with Gasteiger partial charge in [-0.15, -0.1) is 0 Å². The maximum atomic E-state index is 5.78. The molecule has 1 heterocycles. The third-order valence-electron chi connectivity index (χ3n) is 2.94. The van der Waals surface area contributed by atoms with Gasteiger partial charge in [0.25, 0.3) is 0 Å². The van der Waals surface area contributed by atoms with Crippen LogP contribution in [-0.4, -0.2) is 11.5 Å². The minimum Gasteiger partial charge on any atom is -0.487 e. The Morgan fingerprint density at radius 2 is 2.00 bits per heavy atom. The van der Waals surface area contributed by atoms with E-state index in [1.165, 1.54) is 0 Å². The molecule has 1 aromatic heterocycles. The van der Waals surface area contributed by atoms with Crippen molar-refractivity contribution >= 4 is 15.9 Å². The Kier molecular flexibility index (Phi) is 5.56. The summed E-state index contributed by atoms with van der Waals surface area (Å²) in [7, 11) is 0. The summed E-state index contributed by atoms with van der Waals surface area (Å²) in [4.78, 5) is 4.57. The van der Waals surface area contributed by atoms with E-state index in [0.29, 0.717) is 6.61 Å². The fraction of sp³-hybridized carbons (Fsp3) is 0.312. The summed E-state index contributed by atoms with van der Waals surface area (Å²) in [6.07, 6.45) is 0. The van der Waals surface area contributed by atoms with Crippen LogP contribution in [0, 0.1) is 6.92 Å². The molecule has 0 aliphatic rings. The van der Waals surface area contributed by atoms with E-state index in [1.807, 2.05) is 43.3 Å². The largest absolute Gasteiger partial charge is 0.487 e. The van der Waals surface area contributed by atoms with Crippen molar-refractivity contribution in [1.82, 2.24) is 10.3 Å². The number of nitrogens with one attached hydrogen (secondary N) is 1. The highest BCUT2D eigenvalue weighted by atomic mass is 79.9.